The predicted octanol–water partition coefficient (Wildman–Crippen LogP) is 10.7. The molecule has 7 heteroatoms. The number of ether oxygens (including phenoxy) is 1. The van der Waals surface area contributed by atoms with E-state index in [1.54, 1.807) is 6.20 Å². The maximum atomic E-state index is 6.42. The Bertz CT molecular complexity index is 2550. The average molecular weight is 646 g/mol. The van der Waals surface area contributed by atoms with Crippen LogP contribution in [0.3, 0.4) is 0 Å². The first-order chi connectivity index (χ1) is 24.8. The normalized spacial score (nSPS) is 11.2. The first-order valence-corrected chi connectivity index (χ1v) is 16.3. The van der Waals surface area contributed by atoms with E-state index < -0.39 is 0 Å². The summed E-state index contributed by atoms with van der Waals surface area (Å²) in [6.07, 6.45) is 1.74. The number of hydrogen-bond donors (Lipinski definition) is 0. The molecule has 0 saturated heterocycles. The predicted molar refractivity (Wildman–Crippen MR) is 196 cm³/mol. The second kappa shape index (κ2) is 12.6. The minimum absolute atomic E-state index is 0.542. The maximum absolute atomic E-state index is 6.42. The van der Waals surface area contributed by atoms with Crippen LogP contribution in [-0.4, -0.2) is 24.9 Å². The van der Waals surface area contributed by atoms with Gasteiger partial charge in [-0.2, -0.15) is 0 Å². The Morgan fingerprint density at radius 2 is 1.02 bits per heavy atom. The first-order valence-electron chi connectivity index (χ1n) is 16.3. The number of hydrogen-bond acceptors (Lipinski definition) is 7. The van der Waals surface area contributed by atoms with Gasteiger partial charge in [0.15, 0.2) is 29.0 Å². The van der Waals surface area contributed by atoms with Crippen molar-refractivity contribution in [3.63, 3.8) is 0 Å². The lowest BCUT2D eigenvalue weighted by Crippen LogP contribution is -2.00. The smallest absolute Gasteiger partial charge is 0.172 e. The minimum Gasteiger partial charge on any atom is -0.456 e. The molecule has 0 bridgehead atoms. The van der Waals surface area contributed by atoms with Crippen LogP contribution in [0.25, 0.3) is 78.7 Å². The summed E-state index contributed by atoms with van der Waals surface area (Å²) < 4.78 is 12.8. The van der Waals surface area contributed by atoms with E-state index in [1.165, 1.54) is 0 Å². The van der Waals surface area contributed by atoms with Crippen LogP contribution < -0.4 is 4.74 Å². The minimum atomic E-state index is 0.542. The number of nitrogens with zero attached hydrogens (tertiary/aromatic N) is 5. The number of benzene rings is 6. The van der Waals surface area contributed by atoms with E-state index in [-0.39, 0.29) is 0 Å². The molecule has 0 aliphatic heterocycles. The fraction of sp³-hybridized carbons (Fsp3) is 0. The lowest BCUT2D eigenvalue weighted by Gasteiger charge is -2.12. The van der Waals surface area contributed by atoms with Gasteiger partial charge >= 0.3 is 0 Å². The van der Waals surface area contributed by atoms with E-state index in [0.717, 1.165) is 49.8 Å². The van der Waals surface area contributed by atoms with Crippen molar-refractivity contribution in [1.29, 1.82) is 0 Å². The van der Waals surface area contributed by atoms with Crippen molar-refractivity contribution in [3.05, 3.63) is 164 Å². The van der Waals surface area contributed by atoms with Crippen LogP contribution in [0, 0.1) is 0 Å². The van der Waals surface area contributed by atoms with Crippen LogP contribution in [0.5, 0.6) is 11.5 Å². The van der Waals surface area contributed by atoms with Gasteiger partial charge in [-0.05, 0) is 36.4 Å². The summed E-state index contributed by atoms with van der Waals surface area (Å²) in [5.74, 6) is 3.58. The summed E-state index contributed by atoms with van der Waals surface area (Å²) in [5, 5.41) is 1.80. The molecule has 0 N–H and O–H groups in total. The summed E-state index contributed by atoms with van der Waals surface area (Å²) >= 11 is 0. The summed E-state index contributed by atoms with van der Waals surface area (Å²) in [6, 6.07) is 51.6. The highest BCUT2D eigenvalue weighted by Gasteiger charge is 2.20. The van der Waals surface area contributed by atoms with Crippen molar-refractivity contribution in [3.8, 4) is 68.3 Å². The molecule has 0 aliphatic rings. The van der Waals surface area contributed by atoms with Gasteiger partial charge in [0.25, 0.3) is 0 Å². The number of aromatic nitrogens is 5. The quantitative estimate of drug-likeness (QED) is 0.170. The van der Waals surface area contributed by atoms with Crippen LogP contribution in [0.15, 0.2) is 168 Å². The third-order valence-electron chi connectivity index (χ3n) is 8.47. The molecular formula is C43H27N5O2. The van der Waals surface area contributed by atoms with Crippen molar-refractivity contribution in [2.75, 3.05) is 0 Å². The molecule has 6 aromatic carbocycles. The Balaban J connectivity index is 1.24. The van der Waals surface area contributed by atoms with Crippen LogP contribution >= 0.6 is 0 Å². The van der Waals surface area contributed by atoms with Gasteiger partial charge < -0.3 is 9.15 Å². The van der Waals surface area contributed by atoms with Gasteiger partial charge in [0, 0.05) is 38.6 Å². The molecule has 9 aromatic rings. The van der Waals surface area contributed by atoms with Gasteiger partial charge in [0.2, 0.25) is 0 Å². The second-order valence-electron chi connectivity index (χ2n) is 11.7. The molecule has 0 aliphatic carbocycles. The molecule has 7 nitrogen and oxygen atoms in total. The van der Waals surface area contributed by atoms with E-state index in [2.05, 4.69) is 11.1 Å². The lowest BCUT2D eigenvalue weighted by atomic mass is 10.0. The van der Waals surface area contributed by atoms with Crippen molar-refractivity contribution >= 4 is 21.9 Å². The molecule has 0 unspecified atom stereocenters. The van der Waals surface area contributed by atoms with Gasteiger partial charge in [-0.25, -0.2) is 24.9 Å². The van der Waals surface area contributed by atoms with Crippen molar-refractivity contribution in [1.82, 2.24) is 24.9 Å². The third-order valence-corrected chi connectivity index (χ3v) is 8.47. The largest absolute Gasteiger partial charge is 0.456 e. The average Bonchev–Trinajstić information content (AvgIpc) is 3.58. The van der Waals surface area contributed by atoms with Crippen LogP contribution in [0.4, 0.5) is 0 Å². The van der Waals surface area contributed by atoms with Gasteiger partial charge in [-0.3, -0.25) is 0 Å². The van der Waals surface area contributed by atoms with Crippen molar-refractivity contribution in [2.24, 2.45) is 0 Å². The summed E-state index contributed by atoms with van der Waals surface area (Å²) in [5.41, 5.74) is 6.54. The van der Waals surface area contributed by atoms with Gasteiger partial charge in [-0.15, -0.1) is 0 Å². The molecule has 236 valence electrons. The van der Waals surface area contributed by atoms with E-state index >= 15 is 0 Å². The third kappa shape index (κ3) is 5.52. The molecule has 0 atom stereocenters. The highest BCUT2D eigenvalue weighted by atomic mass is 16.5. The van der Waals surface area contributed by atoms with E-state index in [4.69, 9.17) is 29.1 Å². The molecule has 0 fully saturated rings. The molecule has 0 radical (unpaired) electrons. The molecule has 3 aromatic heterocycles. The van der Waals surface area contributed by atoms with Gasteiger partial charge in [0.1, 0.15) is 22.6 Å². The molecule has 50 heavy (non-hydrogen) atoms. The SMILES string of the molecule is c1ccc(Oc2cnc(-c3ccccc3)nc2-c2ccc3oc4cccc(-c5nc(-c6ccccc6)nc(-c6ccccc6)n5)c4c3c2)cc1. The first kappa shape index (κ1) is 29.2. The topological polar surface area (TPSA) is 86.8 Å². The monoisotopic (exact) mass is 645 g/mol. The van der Waals surface area contributed by atoms with Crippen molar-refractivity contribution < 1.29 is 9.15 Å². The van der Waals surface area contributed by atoms with E-state index in [1.807, 2.05) is 152 Å². The molecule has 0 amide bonds. The van der Waals surface area contributed by atoms with Crippen molar-refractivity contribution in [2.45, 2.75) is 0 Å². The molecule has 0 saturated carbocycles. The molecular weight excluding hydrogens is 619 g/mol. The van der Waals surface area contributed by atoms with Crippen LogP contribution in [0.2, 0.25) is 0 Å². The highest BCUT2D eigenvalue weighted by molar-refractivity contribution is 6.12. The molecule has 3 heterocycles. The highest BCUT2D eigenvalue weighted by Crippen LogP contribution is 2.40. The Labute approximate surface area is 287 Å². The fourth-order valence-electron chi connectivity index (χ4n) is 6.08. The molecule has 9 rings (SSSR count). The number of rotatable bonds is 7. The number of fused-ring (bicyclic) bond motifs is 3. The Hall–Kier alpha value is -6.99. The zero-order chi connectivity index (χ0) is 33.3. The van der Waals surface area contributed by atoms with Gasteiger partial charge in [-0.1, -0.05) is 121 Å². The Morgan fingerprint density at radius 3 is 1.66 bits per heavy atom. The summed E-state index contributed by atoms with van der Waals surface area (Å²) in [7, 11) is 0. The standard InChI is InChI=1S/C43H27N5O2/c1-5-14-28(15-6-1)40-44-27-37(49-32-20-11-4-12-21-32)39(45-40)31-24-25-35-34(26-31)38-33(22-13-23-36(38)50-35)43-47-41(29-16-7-2-8-17-29)46-42(48-43)30-18-9-3-10-19-30/h1-27H. The van der Waals surface area contributed by atoms with E-state index in [9.17, 15) is 0 Å². The zero-order valence-corrected chi connectivity index (χ0v) is 26.6. The number of furan rings is 1. The Kier molecular flexibility index (Phi) is 7.33. The van der Waals surface area contributed by atoms with Gasteiger partial charge in [0.05, 0.1) is 6.20 Å². The summed E-state index contributed by atoms with van der Waals surface area (Å²) in [6.45, 7) is 0. The lowest BCUT2D eigenvalue weighted by molar-refractivity contribution is 0.480. The van der Waals surface area contributed by atoms with Crippen LogP contribution in [0.1, 0.15) is 0 Å². The zero-order valence-electron chi connectivity index (χ0n) is 26.6. The maximum Gasteiger partial charge on any atom is 0.172 e. The van der Waals surface area contributed by atoms with Crippen LogP contribution in [-0.2, 0) is 0 Å². The second-order valence-corrected chi connectivity index (χ2v) is 11.7. The Morgan fingerprint density at radius 1 is 0.440 bits per heavy atom. The fourth-order valence-corrected chi connectivity index (χ4v) is 6.08. The van der Waals surface area contributed by atoms with E-state index in [0.29, 0.717) is 40.5 Å². The molecule has 0 spiro atoms. The summed E-state index contributed by atoms with van der Waals surface area (Å²) in [4.78, 5) is 24.7. The number of para-hydroxylation sites is 1.